The number of aromatic amines is 1. The van der Waals surface area contributed by atoms with Crippen LogP contribution in [0.4, 0.5) is 4.79 Å². The number of H-pyrrole nitrogens is 1. The van der Waals surface area contributed by atoms with Crippen LogP contribution in [0.5, 0.6) is 0 Å². The summed E-state index contributed by atoms with van der Waals surface area (Å²) in [6.45, 7) is 0.767. The molecule has 1 aromatic carbocycles. The van der Waals surface area contributed by atoms with Crippen molar-refractivity contribution in [3.63, 3.8) is 0 Å². The minimum atomic E-state index is -0.201. The smallest absolute Gasteiger partial charge is 0.318 e. The van der Waals surface area contributed by atoms with Crippen LogP contribution < -0.4 is 5.32 Å². The van der Waals surface area contributed by atoms with Gasteiger partial charge in [0.05, 0.1) is 23.2 Å². The first-order valence-corrected chi connectivity index (χ1v) is 8.90. The summed E-state index contributed by atoms with van der Waals surface area (Å²) >= 11 is 0. The highest BCUT2D eigenvalue weighted by atomic mass is 16.3. The zero-order chi connectivity index (χ0) is 16.5. The Morgan fingerprint density at radius 3 is 2.79 bits per heavy atom. The average molecular weight is 328 g/mol. The van der Waals surface area contributed by atoms with E-state index >= 15 is 0 Å². The molecule has 0 spiro atoms. The van der Waals surface area contributed by atoms with Gasteiger partial charge in [-0.1, -0.05) is 12.1 Å². The summed E-state index contributed by atoms with van der Waals surface area (Å²) in [5.74, 6) is 0.878. The Labute approximate surface area is 141 Å². The van der Waals surface area contributed by atoms with Gasteiger partial charge < -0.3 is 20.3 Å². The van der Waals surface area contributed by atoms with Crippen LogP contribution in [-0.4, -0.2) is 44.7 Å². The molecule has 1 unspecified atom stereocenters. The van der Waals surface area contributed by atoms with Crippen LogP contribution >= 0.6 is 0 Å². The lowest BCUT2D eigenvalue weighted by Gasteiger charge is -2.30. The van der Waals surface area contributed by atoms with Gasteiger partial charge in [-0.15, -0.1) is 0 Å². The number of amides is 2. The molecule has 1 aliphatic carbocycles. The molecule has 24 heavy (non-hydrogen) atoms. The van der Waals surface area contributed by atoms with Crippen LogP contribution in [0, 0.1) is 0 Å². The van der Waals surface area contributed by atoms with Gasteiger partial charge in [0.2, 0.25) is 0 Å². The van der Waals surface area contributed by atoms with Crippen molar-refractivity contribution in [3.8, 4) is 0 Å². The first-order valence-electron chi connectivity index (χ1n) is 8.90. The van der Waals surface area contributed by atoms with Gasteiger partial charge in [0, 0.05) is 12.6 Å². The number of carbonyl (C=O) groups is 1. The van der Waals surface area contributed by atoms with Gasteiger partial charge in [-0.3, -0.25) is 0 Å². The van der Waals surface area contributed by atoms with Crippen LogP contribution in [0.1, 0.15) is 50.4 Å². The summed E-state index contributed by atoms with van der Waals surface area (Å²) in [6.07, 6.45) is 5.00. The van der Waals surface area contributed by atoms with Crippen LogP contribution in [0.2, 0.25) is 0 Å². The number of benzene rings is 1. The maximum atomic E-state index is 12.7. The quantitative estimate of drug-likeness (QED) is 0.793. The van der Waals surface area contributed by atoms with E-state index in [1.165, 1.54) is 0 Å². The van der Waals surface area contributed by atoms with Crippen molar-refractivity contribution >= 4 is 17.1 Å². The maximum absolute atomic E-state index is 12.7. The fraction of sp³-hybridized carbons (Fsp3) is 0.556. The zero-order valence-electron chi connectivity index (χ0n) is 13.7. The fourth-order valence-electron chi connectivity index (χ4n) is 3.90. The third kappa shape index (κ3) is 2.98. The number of aliphatic hydroxyl groups is 1. The lowest BCUT2D eigenvalue weighted by atomic mass is 9.93. The predicted molar refractivity (Wildman–Crippen MR) is 91.6 cm³/mol. The number of carbonyl (C=O) groups excluding carboxylic acids is 1. The van der Waals surface area contributed by atoms with Crippen LogP contribution in [-0.2, 0) is 0 Å². The Bertz CT molecular complexity index is 688. The molecule has 1 saturated carbocycles. The van der Waals surface area contributed by atoms with Crippen LogP contribution in [0.15, 0.2) is 24.3 Å². The van der Waals surface area contributed by atoms with E-state index in [2.05, 4.69) is 15.3 Å². The highest BCUT2D eigenvalue weighted by Gasteiger charge is 2.33. The van der Waals surface area contributed by atoms with Crippen molar-refractivity contribution in [1.82, 2.24) is 20.2 Å². The zero-order valence-corrected chi connectivity index (χ0v) is 13.7. The monoisotopic (exact) mass is 328 g/mol. The molecule has 2 aromatic rings. The van der Waals surface area contributed by atoms with Crippen molar-refractivity contribution in [3.05, 3.63) is 30.1 Å². The number of nitrogens with zero attached hydrogens (tertiary/aromatic N) is 2. The van der Waals surface area contributed by atoms with E-state index in [0.29, 0.717) is 0 Å². The number of rotatable bonds is 2. The second kappa shape index (κ2) is 6.43. The second-order valence-corrected chi connectivity index (χ2v) is 6.95. The molecule has 2 heterocycles. The highest BCUT2D eigenvalue weighted by molar-refractivity contribution is 5.77. The normalized spacial score (nSPS) is 27.5. The molecule has 1 aliphatic heterocycles. The first kappa shape index (κ1) is 15.4. The Morgan fingerprint density at radius 1 is 1.21 bits per heavy atom. The molecule has 2 fully saturated rings. The molecule has 2 aliphatic rings. The van der Waals surface area contributed by atoms with Crippen molar-refractivity contribution < 1.29 is 9.90 Å². The van der Waals surface area contributed by atoms with E-state index in [9.17, 15) is 9.90 Å². The number of hydrogen-bond donors (Lipinski definition) is 3. The molecule has 0 bridgehead atoms. The highest BCUT2D eigenvalue weighted by Crippen LogP contribution is 2.31. The Hall–Kier alpha value is -2.08. The van der Waals surface area contributed by atoms with E-state index in [0.717, 1.165) is 61.9 Å². The van der Waals surface area contributed by atoms with Crippen LogP contribution in [0.3, 0.4) is 0 Å². The summed E-state index contributed by atoms with van der Waals surface area (Å²) in [6, 6.07) is 8.16. The standard InChI is InChI=1S/C18H24N4O2/c23-13-9-7-12(8-10-13)19-18(24)22-11-3-6-16(22)17-20-14-4-1-2-5-15(14)21-17/h1-2,4-5,12-13,16,23H,3,6-11H2,(H,19,24)(H,20,21). The topological polar surface area (TPSA) is 81.2 Å². The molecule has 1 saturated heterocycles. The second-order valence-electron chi connectivity index (χ2n) is 6.95. The summed E-state index contributed by atoms with van der Waals surface area (Å²) in [5.41, 5.74) is 1.96. The largest absolute Gasteiger partial charge is 0.393 e. The molecule has 1 aromatic heterocycles. The number of imidazole rings is 1. The lowest BCUT2D eigenvalue weighted by Crippen LogP contribution is -2.46. The number of aromatic nitrogens is 2. The molecule has 6 heteroatoms. The SMILES string of the molecule is O=C(NC1CCC(O)CC1)N1CCCC1c1nc2ccccc2[nH]1. The molecule has 6 nitrogen and oxygen atoms in total. The number of hydrogen-bond acceptors (Lipinski definition) is 3. The number of aliphatic hydroxyl groups excluding tert-OH is 1. The van der Waals surface area contributed by atoms with E-state index in [1.807, 2.05) is 29.2 Å². The summed E-state index contributed by atoms with van der Waals surface area (Å²) in [7, 11) is 0. The molecule has 128 valence electrons. The van der Waals surface area contributed by atoms with E-state index < -0.39 is 0 Å². The van der Waals surface area contributed by atoms with Crippen molar-refractivity contribution in [2.24, 2.45) is 0 Å². The average Bonchev–Trinajstić information content (AvgIpc) is 3.23. The van der Waals surface area contributed by atoms with Gasteiger partial charge in [0.25, 0.3) is 0 Å². The molecule has 3 N–H and O–H groups in total. The van der Waals surface area contributed by atoms with E-state index in [-0.39, 0.29) is 24.2 Å². The van der Waals surface area contributed by atoms with Crippen molar-refractivity contribution in [2.45, 2.75) is 56.7 Å². The van der Waals surface area contributed by atoms with Gasteiger partial charge in [0.15, 0.2) is 0 Å². The summed E-state index contributed by atoms with van der Waals surface area (Å²) in [5, 5.41) is 12.7. The van der Waals surface area contributed by atoms with Gasteiger partial charge >= 0.3 is 6.03 Å². The van der Waals surface area contributed by atoms with Gasteiger partial charge in [-0.05, 0) is 50.7 Å². The van der Waals surface area contributed by atoms with Gasteiger partial charge in [0.1, 0.15) is 5.82 Å². The van der Waals surface area contributed by atoms with Crippen molar-refractivity contribution in [2.75, 3.05) is 6.54 Å². The molecule has 4 rings (SSSR count). The Kier molecular flexibility index (Phi) is 4.14. The van der Waals surface area contributed by atoms with Gasteiger partial charge in [-0.2, -0.15) is 0 Å². The lowest BCUT2D eigenvalue weighted by molar-refractivity contribution is 0.114. The molecular weight excluding hydrogens is 304 g/mol. The van der Waals surface area contributed by atoms with E-state index in [1.54, 1.807) is 0 Å². The molecule has 0 radical (unpaired) electrons. The number of para-hydroxylation sites is 2. The van der Waals surface area contributed by atoms with Crippen molar-refractivity contribution in [1.29, 1.82) is 0 Å². The Balaban J connectivity index is 1.46. The number of likely N-dealkylation sites (tertiary alicyclic amines) is 1. The van der Waals surface area contributed by atoms with Crippen LogP contribution in [0.25, 0.3) is 11.0 Å². The number of urea groups is 1. The molecule has 1 atom stereocenters. The minimum Gasteiger partial charge on any atom is -0.393 e. The third-order valence-corrected chi connectivity index (χ3v) is 5.26. The number of nitrogens with one attached hydrogen (secondary N) is 2. The first-order chi connectivity index (χ1) is 11.7. The Morgan fingerprint density at radius 2 is 2.00 bits per heavy atom. The van der Waals surface area contributed by atoms with Gasteiger partial charge in [-0.25, -0.2) is 9.78 Å². The molecular formula is C18H24N4O2. The predicted octanol–water partition coefficient (Wildman–Crippen LogP) is 2.71. The number of fused-ring (bicyclic) bond motifs is 1. The summed E-state index contributed by atoms with van der Waals surface area (Å²) < 4.78 is 0. The van der Waals surface area contributed by atoms with E-state index in [4.69, 9.17) is 0 Å². The summed E-state index contributed by atoms with van der Waals surface area (Å²) in [4.78, 5) is 22.6. The maximum Gasteiger partial charge on any atom is 0.318 e. The minimum absolute atomic E-state index is 0.000606. The fourth-order valence-corrected chi connectivity index (χ4v) is 3.90. The third-order valence-electron chi connectivity index (χ3n) is 5.26. The molecule has 2 amide bonds.